The first kappa shape index (κ1) is 14.4. The zero-order chi connectivity index (χ0) is 15.0. The minimum absolute atomic E-state index is 0.110. The monoisotopic (exact) mass is 295 g/mol. The molecule has 2 saturated heterocycles. The first-order valence-corrected chi connectivity index (χ1v) is 7.29. The molecule has 21 heavy (non-hydrogen) atoms. The summed E-state index contributed by atoms with van der Waals surface area (Å²) in [6.07, 6.45) is 3.91. The fourth-order valence-electron chi connectivity index (χ4n) is 3.52. The molecule has 2 fully saturated rings. The lowest BCUT2D eigenvalue weighted by Crippen LogP contribution is -2.50. The van der Waals surface area contributed by atoms with Gasteiger partial charge in [0.05, 0.1) is 12.2 Å². The van der Waals surface area contributed by atoms with Gasteiger partial charge >= 0.3 is 0 Å². The number of hydrogen-bond donors (Lipinski definition) is 2. The van der Waals surface area contributed by atoms with Gasteiger partial charge in [-0.15, -0.1) is 0 Å². The van der Waals surface area contributed by atoms with Gasteiger partial charge in [-0.3, -0.25) is 9.69 Å². The van der Waals surface area contributed by atoms with Crippen molar-refractivity contribution in [1.82, 2.24) is 4.90 Å². The molecule has 1 amide bonds. The molecule has 2 heterocycles. The third-order valence-corrected chi connectivity index (χ3v) is 4.45. The molecule has 114 valence electrons. The van der Waals surface area contributed by atoms with Crippen molar-refractivity contribution in [1.29, 1.82) is 0 Å². The minimum atomic E-state index is -0.631. The third-order valence-electron chi connectivity index (χ3n) is 4.45. The van der Waals surface area contributed by atoms with E-state index in [1.54, 1.807) is 0 Å². The molecule has 0 aliphatic carbocycles. The number of carbonyl (C=O) groups is 1. The van der Waals surface area contributed by atoms with E-state index in [1.807, 2.05) is 0 Å². The first-order chi connectivity index (χ1) is 10.0. The average molecular weight is 295 g/mol. The van der Waals surface area contributed by atoms with Crippen LogP contribution in [0.3, 0.4) is 0 Å². The van der Waals surface area contributed by atoms with Gasteiger partial charge in [-0.25, -0.2) is 8.78 Å². The Morgan fingerprint density at radius 1 is 1.29 bits per heavy atom. The van der Waals surface area contributed by atoms with E-state index < -0.39 is 11.6 Å². The minimum Gasteiger partial charge on any atom is -0.328 e. The Kier molecular flexibility index (Phi) is 3.91. The Hall–Kier alpha value is -1.53. The Bertz CT molecular complexity index is 538. The van der Waals surface area contributed by atoms with Crippen molar-refractivity contribution in [2.24, 2.45) is 5.73 Å². The van der Waals surface area contributed by atoms with Crippen molar-refractivity contribution in [2.75, 3.05) is 11.9 Å². The van der Waals surface area contributed by atoms with Crippen LogP contribution >= 0.6 is 0 Å². The topological polar surface area (TPSA) is 58.4 Å². The van der Waals surface area contributed by atoms with E-state index >= 15 is 0 Å². The summed E-state index contributed by atoms with van der Waals surface area (Å²) >= 11 is 0. The highest BCUT2D eigenvalue weighted by molar-refractivity contribution is 5.92. The molecular formula is C15H19F2N3O. The molecule has 0 saturated carbocycles. The average Bonchev–Trinajstić information content (AvgIpc) is 2.66. The number of nitrogens with zero attached hydrogens (tertiary/aromatic N) is 1. The third kappa shape index (κ3) is 3.06. The Balaban J connectivity index is 1.63. The number of carbonyl (C=O) groups excluding carboxylic acids is 1. The standard InChI is InChI=1S/C15H19F2N3O/c16-9-1-4-13(17)14(5-9)19-15(21)8-20-11-2-3-12(20)7-10(18)6-11/h1,4-5,10-12H,2-3,6-8,18H2,(H,19,21). The van der Waals surface area contributed by atoms with Crippen LogP contribution in [0.2, 0.25) is 0 Å². The normalized spacial score (nSPS) is 28.6. The van der Waals surface area contributed by atoms with Gasteiger partial charge in [-0.2, -0.15) is 0 Å². The van der Waals surface area contributed by atoms with Crippen molar-refractivity contribution >= 4 is 11.6 Å². The maximum atomic E-state index is 13.5. The molecule has 0 spiro atoms. The number of hydrogen-bond acceptors (Lipinski definition) is 3. The van der Waals surface area contributed by atoms with Gasteiger partial charge in [-0.05, 0) is 37.8 Å². The number of nitrogens with two attached hydrogens (primary N) is 1. The summed E-state index contributed by atoms with van der Waals surface area (Å²) in [5.41, 5.74) is 5.88. The highest BCUT2D eigenvalue weighted by Gasteiger charge is 2.40. The summed E-state index contributed by atoms with van der Waals surface area (Å²) in [6, 6.07) is 3.91. The van der Waals surface area contributed by atoms with Crippen LogP contribution in [0.25, 0.3) is 0 Å². The Morgan fingerprint density at radius 2 is 1.95 bits per heavy atom. The van der Waals surface area contributed by atoms with E-state index in [0.717, 1.165) is 43.9 Å². The highest BCUT2D eigenvalue weighted by atomic mass is 19.1. The molecule has 6 heteroatoms. The van der Waals surface area contributed by atoms with Crippen molar-refractivity contribution in [2.45, 2.75) is 43.8 Å². The number of fused-ring (bicyclic) bond motifs is 2. The quantitative estimate of drug-likeness (QED) is 0.895. The van der Waals surface area contributed by atoms with Crippen LogP contribution in [0.4, 0.5) is 14.5 Å². The molecule has 3 rings (SSSR count). The highest BCUT2D eigenvalue weighted by Crippen LogP contribution is 2.34. The van der Waals surface area contributed by atoms with Crippen LogP contribution in [0.5, 0.6) is 0 Å². The number of anilines is 1. The van der Waals surface area contributed by atoms with Crippen molar-refractivity contribution in [3.8, 4) is 0 Å². The lowest BCUT2D eigenvalue weighted by Gasteiger charge is -2.37. The number of piperidine rings is 1. The van der Waals surface area contributed by atoms with Gasteiger partial charge in [0.2, 0.25) is 5.91 Å². The lowest BCUT2D eigenvalue weighted by atomic mass is 9.98. The Morgan fingerprint density at radius 3 is 2.62 bits per heavy atom. The van der Waals surface area contributed by atoms with Gasteiger partial charge in [0, 0.05) is 24.2 Å². The van der Waals surface area contributed by atoms with Crippen LogP contribution < -0.4 is 11.1 Å². The molecule has 2 aliphatic heterocycles. The molecule has 2 unspecified atom stereocenters. The molecule has 1 aromatic rings. The smallest absolute Gasteiger partial charge is 0.238 e. The predicted octanol–water partition coefficient (Wildman–Crippen LogP) is 1.86. The number of halogens is 2. The van der Waals surface area contributed by atoms with Crippen LogP contribution in [0.15, 0.2) is 18.2 Å². The van der Waals surface area contributed by atoms with Crippen molar-refractivity contribution in [3.63, 3.8) is 0 Å². The zero-order valence-electron chi connectivity index (χ0n) is 11.7. The van der Waals surface area contributed by atoms with Crippen molar-refractivity contribution < 1.29 is 13.6 Å². The molecule has 4 nitrogen and oxygen atoms in total. The van der Waals surface area contributed by atoms with Gasteiger partial charge in [0.1, 0.15) is 11.6 Å². The maximum Gasteiger partial charge on any atom is 0.238 e. The van der Waals surface area contributed by atoms with Gasteiger partial charge in [0.15, 0.2) is 0 Å². The second kappa shape index (κ2) is 5.69. The van der Waals surface area contributed by atoms with Gasteiger partial charge < -0.3 is 11.1 Å². The van der Waals surface area contributed by atoms with E-state index in [4.69, 9.17) is 5.73 Å². The molecule has 2 aliphatic rings. The fourth-order valence-corrected chi connectivity index (χ4v) is 3.52. The van der Waals surface area contributed by atoms with Gasteiger partial charge in [0.25, 0.3) is 0 Å². The zero-order valence-corrected chi connectivity index (χ0v) is 11.7. The molecule has 1 aromatic carbocycles. The van der Waals surface area contributed by atoms with Crippen LogP contribution in [-0.2, 0) is 4.79 Å². The molecule has 0 aromatic heterocycles. The summed E-state index contributed by atoms with van der Waals surface area (Å²) in [6.45, 7) is 0.206. The van der Waals surface area contributed by atoms with Crippen molar-refractivity contribution in [3.05, 3.63) is 29.8 Å². The molecule has 2 atom stereocenters. The SMILES string of the molecule is NC1CC2CCC(C1)N2CC(=O)Nc1cc(F)ccc1F. The number of nitrogens with one attached hydrogen (secondary N) is 1. The van der Waals surface area contributed by atoms with E-state index in [0.29, 0.717) is 12.1 Å². The summed E-state index contributed by atoms with van der Waals surface area (Å²) in [4.78, 5) is 14.2. The summed E-state index contributed by atoms with van der Waals surface area (Å²) < 4.78 is 26.6. The van der Waals surface area contributed by atoms with Gasteiger partial charge in [-0.1, -0.05) is 0 Å². The predicted molar refractivity (Wildman–Crippen MR) is 75.7 cm³/mol. The number of amides is 1. The molecule has 2 bridgehead atoms. The number of rotatable bonds is 3. The molecular weight excluding hydrogens is 276 g/mol. The van der Waals surface area contributed by atoms with Crippen LogP contribution in [0.1, 0.15) is 25.7 Å². The summed E-state index contributed by atoms with van der Waals surface area (Å²) in [5, 5.41) is 2.45. The lowest BCUT2D eigenvalue weighted by molar-refractivity contribution is -0.118. The molecule has 0 radical (unpaired) electrons. The van der Waals surface area contributed by atoms with E-state index in [-0.39, 0.29) is 24.2 Å². The first-order valence-electron chi connectivity index (χ1n) is 7.29. The van der Waals surface area contributed by atoms with E-state index in [1.165, 1.54) is 0 Å². The maximum absolute atomic E-state index is 13.5. The molecule has 3 N–H and O–H groups in total. The Labute approximate surface area is 122 Å². The van der Waals surface area contributed by atoms with Crippen LogP contribution in [-0.4, -0.2) is 35.5 Å². The van der Waals surface area contributed by atoms with E-state index in [2.05, 4.69) is 10.2 Å². The second-order valence-electron chi connectivity index (χ2n) is 5.96. The second-order valence-corrected chi connectivity index (χ2v) is 5.96. The summed E-state index contributed by atoms with van der Waals surface area (Å²) in [7, 11) is 0. The fraction of sp³-hybridized carbons (Fsp3) is 0.533. The van der Waals surface area contributed by atoms with E-state index in [9.17, 15) is 13.6 Å². The summed E-state index contributed by atoms with van der Waals surface area (Å²) in [5.74, 6) is -1.52. The largest absolute Gasteiger partial charge is 0.328 e. The number of benzene rings is 1. The van der Waals surface area contributed by atoms with Crippen LogP contribution in [0, 0.1) is 11.6 Å².